The Labute approximate surface area is 74.9 Å². The fraction of sp³-hybridized carbons (Fsp3) is 0. The summed E-state index contributed by atoms with van der Waals surface area (Å²) >= 11 is 3.65. The van der Waals surface area contributed by atoms with Gasteiger partial charge in [0.1, 0.15) is 5.75 Å². The lowest BCUT2D eigenvalue weighted by Gasteiger charge is -2.09. The monoisotopic (exact) mass is 185 g/mol. The molecule has 0 fully saturated rings. The van der Waals surface area contributed by atoms with E-state index in [2.05, 4.69) is 12.8 Å². The van der Waals surface area contributed by atoms with Gasteiger partial charge in [-0.15, -0.1) is 4.47 Å². The van der Waals surface area contributed by atoms with Gasteiger partial charge in [0.25, 0.3) is 6.41 Å². The molecule has 0 aliphatic rings. The zero-order valence-electron chi connectivity index (χ0n) is 6.04. The molecule has 1 aromatic rings. The molecule has 0 unspecified atom stereocenters. The number of phenols is 1. The number of benzene rings is 1. The van der Waals surface area contributed by atoms with Gasteiger partial charge in [-0.3, -0.25) is 4.79 Å². The van der Waals surface area contributed by atoms with E-state index in [0.717, 1.165) is 4.47 Å². The molecule has 1 amide bonds. The molecule has 0 spiro atoms. The van der Waals surface area contributed by atoms with Crippen LogP contribution >= 0.6 is 12.8 Å². The van der Waals surface area contributed by atoms with Gasteiger partial charge >= 0.3 is 0 Å². The number of carbonyl (C=O) groups excluding carboxylic acids is 1. The van der Waals surface area contributed by atoms with Gasteiger partial charge in [0.15, 0.2) is 5.75 Å². The van der Waals surface area contributed by atoms with Crippen LogP contribution in [0.15, 0.2) is 24.3 Å². The fourth-order valence-electron chi connectivity index (χ4n) is 0.637. The number of hydroxylamine groups is 1. The second kappa shape index (κ2) is 3.87. The van der Waals surface area contributed by atoms with Crippen LogP contribution in [0.3, 0.4) is 0 Å². The maximum Gasteiger partial charge on any atom is 0.254 e. The summed E-state index contributed by atoms with van der Waals surface area (Å²) in [6.07, 6.45) is 0.413. The molecule has 4 nitrogen and oxygen atoms in total. The average Bonchev–Trinajstić information content (AvgIpc) is 2.09. The summed E-state index contributed by atoms with van der Waals surface area (Å²) in [6.45, 7) is 0. The van der Waals surface area contributed by atoms with Crippen molar-refractivity contribution in [3.63, 3.8) is 0 Å². The van der Waals surface area contributed by atoms with Crippen LogP contribution in [0.25, 0.3) is 0 Å². The highest BCUT2D eigenvalue weighted by atomic mass is 32.1. The Morgan fingerprint density at radius 1 is 1.42 bits per heavy atom. The minimum atomic E-state index is 0.138. The van der Waals surface area contributed by atoms with Crippen molar-refractivity contribution in [2.75, 3.05) is 0 Å². The average molecular weight is 185 g/mol. The molecule has 0 radical (unpaired) electrons. The topological polar surface area (TPSA) is 49.8 Å². The zero-order valence-corrected chi connectivity index (χ0v) is 6.94. The summed E-state index contributed by atoms with van der Waals surface area (Å²) in [5.41, 5.74) is 0. The normalized spacial score (nSPS) is 9.08. The summed E-state index contributed by atoms with van der Waals surface area (Å²) in [5, 5.41) is 8.89. The summed E-state index contributed by atoms with van der Waals surface area (Å²) < 4.78 is 0.729. The molecule has 0 aliphatic heterocycles. The highest BCUT2D eigenvalue weighted by Gasteiger charge is 1.97. The van der Waals surface area contributed by atoms with Crippen LogP contribution in [0.5, 0.6) is 11.5 Å². The Bertz CT molecular complexity index is 262. The van der Waals surface area contributed by atoms with Crippen molar-refractivity contribution in [1.82, 2.24) is 4.47 Å². The molecule has 0 bridgehead atoms. The number of nitrogens with zero attached hydrogens (tertiary/aromatic N) is 1. The third-order valence-electron chi connectivity index (χ3n) is 1.13. The van der Waals surface area contributed by atoms with Crippen molar-refractivity contribution < 1.29 is 14.7 Å². The highest BCUT2D eigenvalue weighted by molar-refractivity contribution is 7.78. The molecule has 0 aromatic heterocycles. The van der Waals surface area contributed by atoms with E-state index in [1.807, 2.05) is 0 Å². The molecular weight excluding hydrogens is 178 g/mol. The van der Waals surface area contributed by atoms with Gasteiger partial charge in [-0.05, 0) is 37.1 Å². The Balaban J connectivity index is 2.64. The first-order valence-electron chi connectivity index (χ1n) is 3.13. The van der Waals surface area contributed by atoms with E-state index in [1.54, 1.807) is 0 Å². The van der Waals surface area contributed by atoms with Gasteiger partial charge in [0, 0.05) is 0 Å². The second-order valence-electron chi connectivity index (χ2n) is 1.99. The Hall–Kier alpha value is -1.36. The first-order chi connectivity index (χ1) is 5.72. The number of amides is 1. The molecule has 5 heteroatoms. The Kier molecular flexibility index (Phi) is 2.82. The Morgan fingerprint density at radius 3 is 2.50 bits per heavy atom. The lowest BCUT2D eigenvalue weighted by atomic mass is 10.3. The van der Waals surface area contributed by atoms with Gasteiger partial charge in [0.2, 0.25) is 0 Å². The number of hydrogen-bond donors (Lipinski definition) is 2. The molecule has 64 valence electrons. The third-order valence-corrected chi connectivity index (χ3v) is 1.30. The molecule has 0 aliphatic carbocycles. The van der Waals surface area contributed by atoms with Crippen LogP contribution in [0.2, 0.25) is 0 Å². The molecule has 1 rings (SSSR count). The van der Waals surface area contributed by atoms with Gasteiger partial charge in [-0.25, -0.2) is 0 Å². The molecule has 0 heterocycles. The fourth-order valence-corrected chi connectivity index (χ4v) is 0.731. The predicted octanol–water partition coefficient (Wildman–Crippen LogP) is 0.989. The maximum absolute atomic E-state index is 10.1. The van der Waals surface area contributed by atoms with Crippen LogP contribution in [-0.2, 0) is 4.79 Å². The lowest BCUT2D eigenvalue weighted by molar-refractivity contribution is -0.126. The number of aromatic hydroxyl groups is 1. The van der Waals surface area contributed by atoms with E-state index >= 15 is 0 Å². The molecule has 0 atom stereocenters. The van der Waals surface area contributed by atoms with E-state index in [0.29, 0.717) is 12.2 Å². The summed E-state index contributed by atoms with van der Waals surface area (Å²) in [4.78, 5) is 14.9. The zero-order chi connectivity index (χ0) is 8.97. The number of phenolic OH excluding ortho intramolecular Hbond substituents is 1. The number of carbonyl (C=O) groups is 1. The van der Waals surface area contributed by atoms with E-state index in [1.165, 1.54) is 24.3 Å². The lowest BCUT2D eigenvalue weighted by Crippen LogP contribution is -2.13. The van der Waals surface area contributed by atoms with Crippen LogP contribution in [0, 0.1) is 0 Å². The van der Waals surface area contributed by atoms with Crippen molar-refractivity contribution in [2.45, 2.75) is 0 Å². The summed E-state index contributed by atoms with van der Waals surface area (Å²) in [6, 6.07) is 5.92. The molecule has 0 saturated carbocycles. The van der Waals surface area contributed by atoms with Gasteiger partial charge in [-0.1, -0.05) is 0 Å². The largest absolute Gasteiger partial charge is 0.508 e. The number of hydrogen-bond acceptors (Lipinski definition) is 4. The first kappa shape index (κ1) is 8.73. The number of thiol groups is 1. The molecule has 1 N–H and O–H groups in total. The van der Waals surface area contributed by atoms with Crippen LogP contribution in [-0.4, -0.2) is 16.0 Å². The molecule has 12 heavy (non-hydrogen) atoms. The van der Waals surface area contributed by atoms with Gasteiger partial charge < -0.3 is 9.94 Å². The minimum Gasteiger partial charge on any atom is -0.508 e. The SMILES string of the molecule is O=CN(S)Oc1ccc(O)cc1. The van der Waals surface area contributed by atoms with Crippen molar-refractivity contribution in [1.29, 1.82) is 0 Å². The quantitative estimate of drug-likeness (QED) is 0.419. The summed E-state index contributed by atoms with van der Waals surface area (Å²) in [7, 11) is 0. The third kappa shape index (κ3) is 2.35. The van der Waals surface area contributed by atoms with Crippen molar-refractivity contribution >= 4 is 19.2 Å². The van der Waals surface area contributed by atoms with Crippen molar-refractivity contribution in [3.8, 4) is 11.5 Å². The molecule has 0 saturated heterocycles. The minimum absolute atomic E-state index is 0.138. The van der Waals surface area contributed by atoms with Crippen LogP contribution in [0.1, 0.15) is 0 Å². The van der Waals surface area contributed by atoms with E-state index in [9.17, 15) is 4.79 Å². The predicted molar refractivity (Wildman–Crippen MR) is 45.6 cm³/mol. The smallest absolute Gasteiger partial charge is 0.254 e. The van der Waals surface area contributed by atoms with Gasteiger partial charge in [-0.2, -0.15) is 0 Å². The number of rotatable bonds is 3. The first-order valence-corrected chi connectivity index (χ1v) is 3.53. The maximum atomic E-state index is 10.1. The van der Waals surface area contributed by atoms with Crippen LogP contribution < -0.4 is 4.84 Å². The second-order valence-corrected chi connectivity index (χ2v) is 2.39. The summed E-state index contributed by atoms with van der Waals surface area (Å²) in [5.74, 6) is 0.564. The van der Waals surface area contributed by atoms with Crippen molar-refractivity contribution in [3.05, 3.63) is 24.3 Å². The van der Waals surface area contributed by atoms with E-state index in [-0.39, 0.29) is 5.75 Å². The standard InChI is InChI=1S/C7H7NO3S/c9-5-8(12)11-7-3-1-6(10)2-4-7/h1-5,10,12H. The highest BCUT2D eigenvalue weighted by Crippen LogP contribution is 2.16. The van der Waals surface area contributed by atoms with Gasteiger partial charge in [0.05, 0.1) is 0 Å². The molecular formula is C7H7NO3S. The van der Waals surface area contributed by atoms with Crippen LogP contribution in [0.4, 0.5) is 0 Å². The van der Waals surface area contributed by atoms with E-state index < -0.39 is 0 Å². The molecule has 1 aromatic carbocycles. The van der Waals surface area contributed by atoms with E-state index in [4.69, 9.17) is 9.94 Å². The van der Waals surface area contributed by atoms with Crippen molar-refractivity contribution in [2.24, 2.45) is 0 Å². The Morgan fingerprint density at radius 2 is 2.00 bits per heavy atom.